The van der Waals surface area contributed by atoms with E-state index >= 15 is 0 Å². The molecule has 2 aliphatic carbocycles. The normalized spacial score (nSPS) is 20.0. The zero-order valence-electron chi connectivity index (χ0n) is 14.8. The van der Waals surface area contributed by atoms with Crippen molar-refractivity contribution in [3.05, 3.63) is 30.3 Å². The monoisotopic (exact) mass is 344 g/mol. The van der Waals surface area contributed by atoms with E-state index in [1.54, 1.807) is 0 Å². The lowest BCUT2D eigenvalue weighted by Crippen LogP contribution is -2.61. The lowest BCUT2D eigenvalue weighted by molar-refractivity contribution is -0.136. The topological polar surface area (TPSA) is 67.4 Å². The molecule has 1 aromatic carbocycles. The van der Waals surface area contributed by atoms with Crippen LogP contribution in [0.25, 0.3) is 0 Å². The third-order valence-electron chi connectivity index (χ3n) is 5.32. The number of carbonyl (C=O) groups is 2. The number of hydrogen-bond acceptors (Lipinski definition) is 3. The second kappa shape index (κ2) is 8.37. The molecule has 5 heteroatoms. The quantitative estimate of drug-likeness (QED) is 0.834. The number of hydrogen-bond donors (Lipinski definition) is 2. The molecule has 0 bridgehead atoms. The fraction of sp³-hybridized carbons (Fsp3) is 0.600. The van der Waals surface area contributed by atoms with Gasteiger partial charge in [0.1, 0.15) is 11.3 Å². The molecule has 0 unspecified atom stereocenters. The van der Waals surface area contributed by atoms with Crippen LogP contribution in [0.2, 0.25) is 0 Å². The number of carbonyl (C=O) groups excluding carboxylic acids is 2. The fourth-order valence-electron chi connectivity index (χ4n) is 3.93. The number of benzene rings is 1. The van der Waals surface area contributed by atoms with Gasteiger partial charge in [-0.2, -0.15) is 0 Å². The third-order valence-corrected chi connectivity index (χ3v) is 5.32. The van der Waals surface area contributed by atoms with Crippen LogP contribution in [0.5, 0.6) is 5.75 Å². The first-order valence-corrected chi connectivity index (χ1v) is 9.48. The maximum absolute atomic E-state index is 12.9. The molecule has 0 atom stereocenters. The first-order chi connectivity index (χ1) is 12.2. The molecule has 0 radical (unpaired) electrons. The Labute approximate surface area is 149 Å². The minimum absolute atomic E-state index is 0.00726. The van der Waals surface area contributed by atoms with E-state index in [9.17, 15) is 9.59 Å². The molecule has 5 nitrogen and oxygen atoms in total. The van der Waals surface area contributed by atoms with Crippen molar-refractivity contribution >= 4 is 11.8 Å². The zero-order valence-corrected chi connectivity index (χ0v) is 14.8. The van der Waals surface area contributed by atoms with Gasteiger partial charge in [0.05, 0.1) is 0 Å². The number of rotatable bonds is 6. The highest BCUT2D eigenvalue weighted by molar-refractivity contribution is 5.92. The van der Waals surface area contributed by atoms with Gasteiger partial charge in [0.25, 0.3) is 5.91 Å². The van der Waals surface area contributed by atoms with E-state index < -0.39 is 5.54 Å². The summed E-state index contributed by atoms with van der Waals surface area (Å²) in [6, 6.07) is 9.53. The van der Waals surface area contributed by atoms with Crippen LogP contribution in [0.1, 0.15) is 57.8 Å². The molecule has 0 saturated heterocycles. The van der Waals surface area contributed by atoms with E-state index in [2.05, 4.69) is 10.6 Å². The van der Waals surface area contributed by atoms with E-state index in [4.69, 9.17) is 4.74 Å². The molecule has 2 fully saturated rings. The van der Waals surface area contributed by atoms with Crippen molar-refractivity contribution in [2.45, 2.75) is 69.4 Å². The Morgan fingerprint density at radius 2 is 1.68 bits per heavy atom. The van der Waals surface area contributed by atoms with Crippen LogP contribution in [-0.4, -0.2) is 30.0 Å². The predicted molar refractivity (Wildman–Crippen MR) is 96.3 cm³/mol. The number of amides is 2. The summed E-state index contributed by atoms with van der Waals surface area (Å²) in [7, 11) is 0. The van der Waals surface area contributed by atoms with Crippen molar-refractivity contribution in [2.24, 2.45) is 0 Å². The summed E-state index contributed by atoms with van der Waals surface area (Å²) in [4.78, 5) is 25.3. The van der Waals surface area contributed by atoms with Crippen LogP contribution in [-0.2, 0) is 9.59 Å². The van der Waals surface area contributed by atoms with E-state index in [1.807, 2.05) is 30.3 Å². The lowest BCUT2D eigenvalue weighted by atomic mass is 9.80. The van der Waals surface area contributed by atoms with Gasteiger partial charge in [-0.25, -0.2) is 0 Å². The summed E-state index contributed by atoms with van der Waals surface area (Å²) in [5.41, 5.74) is -0.766. The van der Waals surface area contributed by atoms with E-state index in [0.717, 1.165) is 32.1 Å². The summed E-state index contributed by atoms with van der Waals surface area (Å²) in [6.07, 6.45) is 8.93. The molecular formula is C20H28N2O3. The van der Waals surface area contributed by atoms with Crippen molar-refractivity contribution < 1.29 is 14.3 Å². The fourth-order valence-corrected chi connectivity index (χ4v) is 3.93. The molecule has 0 aliphatic heterocycles. The maximum Gasteiger partial charge on any atom is 0.258 e. The second-order valence-electron chi connectivity index (χ2n) is 7.25. The SMILES string of the molecule is O=C(COc1ccccc1)NC1(C(=O)NC2CCCC2)CCCCC1. The molecular weight excluding hydrogens is 316 g/mol. The molecule has 2 aliphatic rings. The predicted octanol–water partition coefficient (Wildman–Crippen LogP) is 2.94. The summed E-state index contributed by atoms with van der Waals surface area (Å²) in [5, 5.41) is 6.17. The molecule has 2 N–H and O–H groups in total. The average molecular weight is 344 g/mol. The summed E-state index contributed by atoms with van der Waals surface area (Å²) < 4.78 is 5.52. The van der Waals surface area contributed by atoms with Crippen molar-refractivity contribution in [1.82, 2.24) is 10.6 Å². The highest BCUT2D eigenvalue weighted by Crippen LogP contribution is 2.29. The minimum Gasteiger partial charge on any atom is -0.484 e. The molecule has 0 heterocycles. The first-order valence-electron chi connectivity index (χ1n) is 9.48. The van der Waals surface area contributed by atoms with Crippen molar-refractivity contribution in [3.8, 4) is 5.75 Å². The number of para-hydroxylation sites is 1. The van der Waals surface area contributed by atoms with Crippen LogP contribution in [0.4, 0.5) is 0 Å². The molecule has 1 aromatic rings. The average Bonchev–Trinajstić information content (AvgIpc) is 3.15. The van der Waals surface area contributed by atoms with Crippen molar-refractivity contribution in [2.75, 3.05) is 6.61 Å². The van der Waals surface area contributed by atoms with Crippen LogP contribution in [0.15, 0.2) is 30.3 Å². The molecule has 0 aromatic heterocycles. The Bertz CT molecular complexity index is 576. The molecule has 136 valence electrons. The molecule has 3 rings (SSSR count). The van der Waals surface area contributed by atoms with Gasteiger partial charge in [0.15, 0.2) is 6.61 Å². The van der Waals surface area contributed by atoms with E-state index in [1.165, 1.54) is 12.8 Å². The van der Waals surface area contributed by atoms with Crippen molar-refractivity contribution in [3.63, 3.8) is 0 Å². The van der Waals surface area contributed by atoms with Gasteiger partial charge >= 0.3 is 0 Å². The Hall–Kier alpha value is -2.04. The molecule has 2 saturated carbocycles. The number of nitrogens with one attached hydrogen (secondary N) is 2. The number of ether oxygens (including phenoxy) is 1. The smallest absolute Gasteiger partial charge is 0.258 e. The maximum atomic E-state index is 12.9. The highest BCUT2D eigenvalue weighted by atomic mass is 16.5. The van der Waals surface area contributed by atoms with Crippen LogP contribution < -0.4 is 15.4 Å². The largest absolute Gasteiger partial charge is 0.484 e. The van der Waals surface area contributed by atoms with Crippen LogP contribution in [0.3, 0.4) is 0 Å². The van der Waals surface area contributed by atoms with Gasteiger partial charge in [0, 0.05) is 6.04 Å². The molecule has 25 heavy (non-hydrogen) atoms. The van der Waals surface area contributed by atoms with E-state index in [-0.39, 0.29) is 24.5 Å². The Morgan fingerprint density at radius 3 is 2.36 bits per heavy atom. The zero-order chi connectivity index (χ0) is 17.5. The first kappa shape index (κ1) is 17.8. The van der Waals surface area contributed by atoms with Gasteiger partial charge in [-0.1, -0.05) is 50.3 Å². The van der Waals surface area contributed by atoms with Crippen molar-refractivity contribution in [1.29, 1.82) is 0 Å². The van der Waals surface area contributed by atoms with Gasteiger partial charge in [-0.3, -0.25) is 9.59 Å². The minimum atomic E-state index is -0.766. The Morgan fingerprint density at radius 1 is 1.00 bits per heavy atom. The van der Waals surface area contributed by atoms with E-state index in [0.29, 0.717) is 18.6 Å². The summed E-state index contributed by atoms with van der Waals surface area (Å²) >= 11 is 0. The molecule has 0 spiro atoms. The van der Waals surface area contributed by atoms with Crippen LogP contribution in [0, 0.1) is 0 Å². The second-order valence-corrected chi connectivity index (χ2v) is 7.25. The van der Waals surface area contributed by atoms with Crippen LogP contribution >= 0.6 is 0 Å². The van der Waals surface area contributed by atoms with Gasteiger partial charge in [0.2, 0.25) is 5.91 Å². The lowest BCUT2D eigenvalue weighted by Gasteiger charge is -2.37. The standard InChI is InChI=1S/C20H28N2O3/c23-18(15-25-17-11-3-1-4-12-17)22-20(13-7-2-8-14-20)19(24)21-16-9-5-6-10-16/h1,3-4,11-12,16H,2,5-10,13-15H2,(H,21,24)(H,22,23). The highest BCUT2D eigenvalue weighted by Gasteiger charge is 2.41. The Balaban J connectivity index is 1.59. The van der Waals surface area contributed by atoms with Gasteiger partial charge in [-0.15, -0.1) is 0 Å². The summed E-state index contributed by atoms with van der Waals surface area (Å²) in [5.74, 6) is 0.422. The van der Waals surface area contributed by atoms with Gasteiger partial charge < -0.3 is 15.4 Å². The Kier molecular flexibility index (Phi) is 5.95. The third kappa shape index (κ3) is 4.74. The van der Waals surface area contributed by atoms with Gasteiger partial charge in [-0.05, 0) is 37.8 Å². The summed E-state index contributed by atoms with van der Waals surface area (Å²) in [6.45, 7) is -0.0670. The molecule has 2 amide bonds.